The average molecular weight is 251 g/mol. The first-order chi connectivity index (χ1) is 9.24. The Labute approximate surface area is 111 Å². The van der Waals surface area contributed by atoms with Crippen LogP contribution in [0.3, 0.4) is 0 Å². The molecule has 3 heteroatoms. The fourth-order valence-electron chi connectivity index (χ4n) is 2.23. The summed E-state index contributed by atoms with van der Waals surface area (Å²) in [6, 6.07) is 14.1. The van der Waals surface area contributed by atoms with Gasteiger partial charge in [0.15, 0.2) is 18.9 Å². The van der Waals surface area contributed by atoms with Crippen molar-refractivity contribution < 1.29 is 4.57 Å². The number of nitrogens with zero attached hydrogens (tertiary/aromatic N) is 2. The zero-order valence-corrected chi connectivity index (χ0v) is 10.8. The SMILES string of the molecule is Cn1ccc2c[n+](Cc3ccccc3)ccc2c1=O. The molecule has 94 valence electrons. The predicted molar refractivity (Wildman–Crippen MR) is 74.9 cm³/mol. The molecule has 0 N–H and O–H groups in total. The van der Waals surface area contributed by atoms with E-state index >= 15 is 0 Å². The van der Waals surface area contributed by atoms with Crippen LogP contribution in [0.5, 0.6) is 0 Å². The maximum Gasteiger partial charge on any atom is 0.258 e. The highest BCUT2D eigenvalue weighted by Gasteiger charge is 2.07. The number of fused-ring (bicyclic) bond motifs is 1. The molecule has 0 amide bonds. The van der Waals surface area contributed by atoms with Crippen LogP contribution in [0.2, 0.25) is 0 Å². The van der Waals surface area contributed by atoms with Gasteiger partial charge in [-0.3, -0.25) is 4.79 Å². The predicted octanol–water partition coefficient (Wildman–Crippen LogP) is 1.87. The third kappa shape index (κ3) is 2.27. The largest absolute Gasteiger partial charge is 0.318 e. The molecular formula is C16H15N2O+. The van der Waals surface area contributed by atoms with Gasteiger partial charge in [-0.2, -0.15) is 0 Å². The Hall–Kier alpha value is -2.42. The van der Waals surface area contributed by atoms with Crippen LogP contribution in [0, 0.1) is 0 Å². The van der Waals surface area contributed by atoms with Gasteiger partial charge in [-0.05, 0) is 6.07 Å². The molecule has 1 aromatic carbocycles. The summed E-state index contributed by atoms with van der Waals surface area (Å²) in [4.78, 5) is 12.0. The molecule has 3 nitrogen and oxygen atoms in total. The normalized spacial score (nSPS) is 10.8. The molecule has 0 fully saturated rings. The zero-order valence-electron chi connectivity index (χ0n) is 10.8. The Morgan fingerprint density at radius 3 is 2.68 bits per heavy atom. The van der Waals surface area contributed by atoms with Crippen molar-refractivity contribution in [3.63, 3.8) is 0 Å². The van der Waals surface area contributed by atoms with Gasteiger partial charge in [0.1, 0.15) is 0 Å². The number of aryl methyl sites for hydroxylation is 1. The topological polar surface area (TPSA) is 25.9 Å². The third-order valence-corrected chi connectivity index (χ3v) is 3.29. The number of hydrogen-bond acceptors (Lipinski definition) is 1. The number of aromatic nitrogens is 2. The second kappa shape index (κ2) is 4.69. The van der Waals surface area contributed by atoms with Crippen molar-refractivity contribution in [3.05, 3.63) is 77.0 Å². The van der Waals surface area contributed by atoms with Gasteiger partial charge in [0.2, 0.25) is 0 Å². The molecule has 0 aliphatic heterocycles. The van der Waals surface area contributed by atoms with E-state index in [1.165, 1.54) is 5.56 Å². The number of rotatable bonds is 2. The van der Waals surface area contributed by atoms with E-state index in [4.69, 9.17) is 0 Å². The molecule has 0 bridgehead atoms. The van der Waals surface area contributed by atoms with Crippen LogP contribution in [0.1, 0.15) is 5.56 Å². The van der Waals surface area contributed by atoms with Crippen LogP contribution >= 0.6 is 0 Å². The molecule has 0 saturated heterocycles. The standard InChI is InChI=1S/C16H15N2O/c1-17-9-7-14-12-18(10-8-15(14)16(17)19)11-13-5-3-2-4-6-13/h2-10,12H,11H2,1H3/q+1. The molecule has 2 aromatic heterocycles. The first-order valence-electron chi connectivity index (χ1n) is 6.26. The highest BCUT2D eigenvalue weighted by Crippen LogP contribution is 2.06. The first-order valence-corrected chi connectivity index (χ1v) is 6.26. The van der Waals surface area contributed by atoms with E-state index in [9.17, 15) is 4.79 Å². The van der Waals surface area contributed by atoms with Gasteiger partial charge in [0, 0.05) is 24.9 Å². The van der Waals surface area contributed by atoms with Crippen LogP contribution in [0.4, 0.5) is 0 Å². The molecule has 0 spiro atoms. The Morgan fingerprint density at radius 1 is 1.11 bits per heavy atom. The van der Waals surface area contributed by atoms with E-state index in [-0.39, 0.29) is 5.56 Å². The Balaban J connectivity index is 2.03. The van der Waals surface area contributed by atoms with E-state index in [0.29, 0.717) is 0 Å². The number of pyridine rings is 2. The minimum absolute atomic E-state index is 0.0457. The van der Waals surface area contributed by atoms with E-state index in [0.717, 1.165) is 17.3 Å². The third-order valence-electron chi connectivity index (χ3n) is 3.29. The lowest BCUT2D eigenvalue weighted by Gasteiger charge is -2.01. The summed E-state index contributed by atoms with van der Waals surface area (Å²) in [5, 5.41) is 1.73. The molecule has 0 unspecified atom stereocenters. The summed E-state index contributed by atoms with van der Waals surface area (Å²) in [5.41, 5.74) is 1.29. The molecule has 3 aromatic rings. The molecule has 0 atom stereocenters. The lowest BCUT2D eigenvalue weighted by atomic mass is 10.2. The molecule has 0 saturated carbocycles. The van der Waals surface area contributed by atoms with Crippen LogP contribution in [0.25, 0.3) is 10.8 Å². The lowest BCUT2D eigenvalue weighted by Crippen LogP contribution is -2.33. The van der Waals surface area contributed by atoms with E-state index in [1.807, 2.05) is 42.7 Å². The zero-order chi connectivity index (χ0) is 13.2. The van der Waals surface area contributed by atoms with Gasteiger partial charge in [0.25, 0.3) is 5.56 Å². The first kappa shape index (κ1) is 11.7. The quantitative estimate of drug-likeness (QED) is 0.638. The Kier molecular flexibility index (Phi) is 2.88. The van der Waals surface area contributed by atoms with Crippen molar-refractivity contribution in [3.8, 4) is 0 Å². The second-order valence-electron chi connectivity index (χ2n) is 4.70. The Morgan fingerprint density at radius 2 is 1.89 bits per heavy atom. The van der Waals surface area contributed by atoms with E-state index in [2.05, 4.69) is 16.7 Å². The van der Waals surface area contributed by atoms with Crippen molar-refractivity contribution in [2.24, 2.45) is 7.05 Å². The smallest absolute Gasteiger partial charge is 0.258 e. The molecule has 0 aliphatic carbocycles. The van der Waals surface area contributed by atoms with Crippen molar-refractivity contribution in [1.82, 2.24) is 4.57 Å². The monoisotopic (exact) mass is 251 g/mol. The summed E-state index contributed by atoms with van der Waals surface area (Å²) in [7, 11) is 1.77. The Bertz CT molecular complexity index is 776. The number of hydrogen-bond donors (Lipinski definition) is 0. The van der Waals surface area contributed by atoms with Gasteiger partial charge in [0.05, 0.1) is 10.8 Å². The maximum absolute atomic E-state index is 12.0. The highest BCUT2D eigenvalue weighted by atomic mass is 16.1. The van der Waals surface area contributed by atoms with Crippen molar-refractivity contribution >= 4 is 10.8 Å². The fraction of sp³-hybridized carbons (Fsp3) is 0.125. The molecular weight excluding hydrogens is 236 g/mol. The van der Waals surface area contributed by atoms with Crippen molar-refractivity contribution in [1.29, 1.82) is 0 Å². The minimum atomic E-state index is 0.0457. The van der Waals surface area contributed by atoms with Gasteiger partial charge in [-0.15, -0.1) is 0 Å². The molecule has 0 aliphatic rings. The molecule has 0 radical (unpaired) electrons. The van der Waals surface area contributed by atoms with Crippen LogP contribution in [-0.4, -0.2) is 4.57 Å². The average Bonchev–Trinajstić information content (AvgIpc) is 2.44. The highest BCUT2D eigenvalue weighted by molar-refractivity contribution is 5.79. The summed E-state index contributed by atoms with van der Waals surface area (Å²) < 4.78 is 3.70. The van der Waals surface area contributed by atoms with Crippen LogP contribution < -0.4 is 10.1 Å². The van der Waals surface area contributed by atoms with Crippen molar-refractivity contribution in [2.75, 3.05) is 0 Å². The maximum atomic E-state index is 12.0. The summed E-state index contributed by atoms with van der Waals surface area (Å²) >= 11 is 0. The molecule has 2 heterocycles. The van der Waals surface area contributed by atoms with Gasteiger partial charge < -0.3 is 4.57 Å². The van der Waals surface area contributed by atoms with E-state index < -0.39 is 0 Å². The van der Waals surface area contributed by atoms with Gasteiger partial charge in [-0.25, -0.2) is 4.57 Å². The molecule has 19 heavy (non-hydrogen) atoms. The second-order valence-corrected chi connectivity index (χ2v) is 4.70. The minimum Gasteiger partial charge on any atom is -0.318 e. The fourth-order valence-corrected chi connectivity index (χ4v) is 2.23. The summed E-state index contributed by atoms with van der Waals surface area (Å²) in [6.07, 6.45) is 5.78. The van der Waals surface area contributed by atoms with E-state index in [1.54, 1.807) is 17.8 Å². The van der Waals surface area contributed by atoms with Crippen molar-refractivity contribution in [2.45, 2.75) is 6.54 Å². The summed E-state index contributed by atoms with van der Waals surface area (Å²) in [5.74, 6) is 0. The van der Waals surface area contributed by atoms with Crippen LogP contribution in [0.15, 0.2) is 65.8 Å². The van der Waals surface area contributed by atoms with Gasteiger partial charge >= 0.3 is 0 Å². The lowest BCUT2D eigenvalue weighted by molar-refractivity contribution is -0.687. The van der Waals surface area contributed by atoms with Crippen LogP contribution in [-0.2, 0) is 13.6 Å². The molecule has 3 rings (SSSR count). The summed E-state index contributed by atoms with van der Waals surface area (Å²) in [6.45, 7) is 0.811. The number of benzene rings is 1. The van der Waals surface area contributed by atoms with Gasteiger partial charge in [-0.1, -0.05) is 30.3 Å².